The van der Waals surface area contributed by atoms with Crippen molar-refractivity contribution < 1.29 is 5.11 Å². The van der Waals surface area contributed by atoms with Crippen LogP contribution in [-0.2, 0) is 6.54 Å². The second-order valence-electron chi connectivity index (χ2n) is 5.19. The number of hydrogen-bond donors (Lipinski definition) is 2. The number of likely N-dealkylation sites (N-methyl/N-ethyl adjacent to an activating group) is 1. The molecule has 2 rings (SSSR count). The number of aliphatic hydroxyl groups excluding tert-OH is 1. The molecular formula is C15H24N2O. The van der Waals surface area contributed by atoms with E-state index >= 15 is 0 Å². The predicted molar refractivity (Wildman–Crippen MR) is 75.9 cm³/mol. The van der Waals surface area contributed by atoms with Crippen LogP contribution in [0.2, 0.25) is 0 Å². The summed E-state index contributed by atoms with van der Waals surface area (Å²) < 4.78 is 0. The maximum absolute atomic E-state index is 10.2. The van der Waals surface area contributed by atoms with Crippen LogP contribution in [-0.4, -0.2) is 31.3 Å². The summed E-state index contributed by atoms with van der Waals surface area (Å²) in [5.74, 6) is 0. The highest BCUT2D eigenvalue weighted by molar-refractivity contribution is 5.54. The Labute approximate surface area is 110 Å². The van der Waals surface area contributed by atoms with Crippen LogP contribution in [0.15, 0.2) is 24.3 Å². The molecule has 0 aromatic heterocycles. The molecule has 1 fully saturated rings. The third kappa shape index (κ3) is 2.85. The van der Waals surface area contributed by atoms with E-state index in [0.29, 0.717) is 0 Å². The van der Waals surface area contributed by atoms with Crippen molar-refractivity contribution in [1.82, 2.24) is 5.32 Å². The monoisotopic (exact) mass is 248 g/mol. The van der Waals surface area contributed by atoms with E-state index in [9.17, 15) is 5.11 Å². The van der Waals surface area contributed by atoms with Gasteiger partial charge < -0.3 is 15.3 Å². The SMILES string of the molecule is CNCc1ccccc1N(C)C1CCCCC1O. The Hall–Kier alpha value is -1.06. The Bertz CT molecular complexity index is 381. The molecule has 100 valence electrons. The first kappa shape index (κ1) is 13.4. The zero-order valence-electron chi connectivity index (χ0n) is 11.4. The second kappa shape index (κ2) is 6.21. The van der Waals surface area contributed by atoms with Crippen LogP contribution < -0.4 is 10.2 Å². The zero-order chi connectivity index (χ0) is 13.0. The lowest BCUT2D eigenvalue weighted by atomic mass is 9.91. The van der Waals surface area contributed by atoms with Gasteiger partial charge in [-0.1, -0.05) is 31.0 Å². The number of para-hydroxylation sites is 1. The molecule has 0 radical (unpaired) electrons. The summed E-state index contributed by atoms with van der Waals surface area (Å²) in [7, 11) is 4.07. The average Bonchev–Trinajstić information content (AvgIpc) is 2.40. The Morgan fingerprint density at radius 2 is 2.00 bits per heavy atom. The minimum absolute atomic E-state index is 0.189. The second-order valence-corrected chi connectivity index (χ2v) is 5.19. The molecule has 1 saturated carbocycles. The first-order valence-electron chi connectivity index (χ1n) is 6.87. The van der Waals surface area contributed by atoms with E-state index in [1.807, 2.05) is 7.05 Å². The first-order valence-corrected chi connectivity index (χ1v) is 6.87. The van der Waals surface area contributed by atoms with Crippen molar-refractivity contribution in [2.75, 3.05) is 19.0 Å². The summed E-state index contributed by atoms with van der Waals surface area (Å²) in [4.78, 5) is 2.26. The summed E-state index contributed by atoms with van der Waals surface area (Å²) in [5.41, 5.74) is 2.53. The van der Waals surface area contributed by atoms with E-state index in [1.165, 1.54) is 17.7 Å². The van der Waals surface area contributed by atoms with Gasteiger partial charge in [-0.25, -0.2) is 0 Å². The molecule has 1 aromatic rings. The van der Waals surface area contributed by atoms with E-state index in [1.54, 1.807) is 0 Å². The molecule has 1 aliphatic rings. The molecule has 3 nitrogen and oxygen atoms in total. The highest BCUT2D eigenvalue weighted by Crippen LogP contribution is 2.28. The van der Waals surface area contributed by atoms with Crippen molar-refractivity contribution in [3.63, 3.8) is 0 Å². The molecule has 0 heterocycles. The Morgan fingerprint density at radius 3 is 2.72 bits per heavy atom. The smallest absolute Gasteiger partial charge is 0.0743 e. The summed E-state index contributed by atoms with van der Waals surface area (Å²) in [6.07, 6.45) is 4.21. The van der Waals surface area contributed by atoms with Crippen LogP contribution in [0.3, 0.4) is 0 Å². The zero-order valence-corrected chi connectivity index (χ0v) is 11.4. The van der Waals surface area contributed by atoms with E-state index in [4.69, 9.17) is 0 Å². The van der Waals surface area contributed by atoms with Crippen LogP contribution in [0.5, 0.6) is 0 Å². The van der Waals surface area contributed by atoms with Gasteiger partial charge in [-0.2, -0.15) is 0 Å². The van der Waals surface area contributed by atoms with Gasteiger partial charge in [0, 0.05) is 19.3 Å². The molecule has 2 unspecified atom stereocenters. The Kier molecular flexibility index (Phi) is 4.61. The topological polar surface area (TPSA) is 35.5 Å². The van der Waals surface area contributed by atoms with Gasteiger partial charge in [-0.15, -0.1) is 0 Å². The van der Waals surface area contributed by atoms with Crippen LogP contribution >= 0.6 is 0 Å². The third-order valence-electron chi connectivity index (χ3n) is 3.93. The fourth-order valence-electron chi connectivity index (χ4n) is 2.92. The fourth-order valence-corrected chi connectivity index (χ4v) is 2.92. The van der Waals surface area contributed by atoms with Crippen LogP contribution in [0.4, 0.5) is 5.69 Å². The maximum Gasteiger partial charge on any atom is 0.0743 e. The van der Waals surface area contributed by atoms with E-state index < -0.39 is 0 Å². The van der Waals surface area contributed by atoms with Crippen molar-refractivity contribution in [3.05, 3.63) is 29.8 Å². The van der Waals surface area contributed by atoms with Gasteiger partial charge in [0.05, 0.1) is 12.1 Å². The number of rotatable bonds is 4. The van der Waals surface area contributed by atoms with E-state index in [2.05, 4.69) is 41.5 Å². The van der Waals surface area contributed by atoms with Crippen molar-refractivity contribution >= 4 is 5.69 Å². The fraction of sp³-hybridized carbons (Fsp3) is 0.600. The number of anilines is 1. The van der Waals surface area contributed by atoms with Crippen molar-refractivity contribution in [2.45, 2.75) is 44.4 Å². The molecule has 2 N–H and O–H groups in total. The lowest BCUT2D eigenvalue weighted by Gasteiger charge is -2.37. The standard InChI is InChI=1S/C15H24N2O/c1-16-11-12-7-3-4-8-13(12)17(2)14-9-5-6-10-15(14)18/h3-4,7-8,14-16,18H,5-6,9-11H2,1-2H3. The normalized spacial score (nSPS) is 23.9. The van der Waals surface area contributed by atoms with Gasteiger partial charge >= 0.3 is 0 Å². The van der Waals surface area contributed by atoms with Gasteiger partial charge in [0.25, 0.3) is 0 Å². The molecule has 0 amide bonds. The molecule has 0 bridgehead atoms. The van der Waals surface area contributed by atoms with E-state index in [-0.39, 0.29) is 12.1 Å². The molecule has 2 atom stereocenters. The van der Waals surface area contributed by atoms with Crippen LogP contribution in [0, 0.1) is 0 Å². The number of benzene rings is 1. The molecule has 1 aliphatic carbocycles. The summed E-state index contributed by atoms with van der Waals surface area (Å²) in [6.45, 7) is 0.864. The highest BCUT2D eigenvalue weighted by atomic mass is 16.3. The summed E-state index contributed by atoms with van der Waals surface area (Å²) in [6, 6.07) is 8.70. The Balaban J connectivity index is 2.19. The first-order chi connectivity index (χ1) is 8.74. The van der Waals surface area contributed by atoms with Gasteiger partial charge in [-0.3, -0.25) is 0 Å². The average molecular weight is 248 g/mol. The summed E-state index contributed by atoms with van der Waals surface area (Å²) >= 11 is 0. The minimum atomic E-state index is -0.189. The van der Waals surface area contributed by atoms with Crippen molar-refractivity contribution in [1.29, 1.82) is 0 Å². The van der Waals surface area contributed by atoms with Crippen molar-refractivity contribution in [2.24, 2.45) is 0 Å². The summed E-state index contributed by atoms with van der Waals surface area (Å²) in [5, 5.41) is 13.4. The number of hydrogen-bond acceptors (Lipinski definition) is 3. The van der Waals surface area contributed by atoms with Gasteiger partial charge in [0.2, 0.25) is 0 Å². The van der Waals surface area contributed by atoms with Gasteiger partial charge in [0.15, 0.2) is 0 Å². The van der Waals surface area contributed by atoms with E-state index in [0.717, 1.165) is 25.8 Å². The molecule has 18 heavy (non-hydrogen) atoms. The molecule has 0 saturated heterocycles. The molecule has 0 spiro atoms. The number of nitrogens with zero attached hydrogens (tertiary/aromatic N) is 1. The predicted octanol–water partition coefficient (Wildman–Crippen LogP) is 2.15. The van der Waals surface area contributed by atoms with Gasteiger partial charge in [-0.05, 0) is 31.5 Å². The lowest BCUT2D eigenvalue weighted by Crippen LogP contribution is -2.43. The van der Waals surface area contributed by atoms with Crippen LogP contribution in [0.25, 0.3) is 0 Å². The highest BCUT2D eigenvalue weighted by Gasteiger charge is 2.27. The largest absolute Gasteiger partial charge is 0.391 e. The molecule has 3 heteroatoms. The van der Waals surface area contributed by atoms with Crippen LogP contribution in [0.1, 0.15) is 31.2 Å². The molecule has 0 aliphatic heterocycles. The lowest BCUT2D eigenvalue weighted by molar-refractivity contribution is 0.106. The number of nitrogens with one attached hydrogen (secondary N) is 1. The van der Waals surface area contributed by atoms with Crippen molar-refractivity contribution in [3.8, 4) is 0 Å². The minimum Gasteiger partial charge on any atom is -0.391 e. The maximum atomic E-state index is 10.2. The number of aliphatic hydroxyl groups is 1. The van der Waals surface area contributed by atoms with Gasteiger partial charge in [0.1, 0.15) is 0 Å². The molecular weight excluding hydrogens is 224 g/mol. The Morgan fingerprint density at radius 1 is 1.28 bits per heavy atom. The third-order valence-corrected chi connectivity index (χ3v) is 3.93. The molecule has 1 aromatic carbocycles. The quantitative estimate of drug-likeness (QED) is 0.857.